The minimum absolute atomic E-state index is 0.0252. The van der Waals surface area contributed by atoms with Gasteiger partial charge in [-0.2, -0.15) is 0 Å². The van der Waals surface area contributed by atoms with E-state index in [0.29, 0.717) is 26.3 Å². The van der Waals surface area contributed by atoms with Crippen LogP contribution in [0.15, 0.2) is 58.4 Å². The highest BCUT2D eigenvalue weighted by Crippen LogP contribution is 2.29. The lowest BCUT2D eigenvalue weighted by atomic mass is 10.2. The Bertz CT molecular complexity index is 878. The highest BCUT2D eigenvalue weighted by atomic mass is 35.5. The third kappa shape index (κ3) is 3.81. The molecule has 0 atom stereocenters. The highest BCUT2D eigenvalue weighted by Gasteiger charge is 2.24. The summed E-state index contributed by atoms with van der Waals surface area (Å²) >= 11 is 6.99. The van der Waals surface area contributed by atoms with Crippen LogP contribution in [0.25, 0.3) is 6.08 Å². The SMILES string of the molecule is O=C1NC(=Nc2ccc(Cl)cc2)S/C1=C\c1cccc([N+](=O)[O-])c1. The molecule has 24 heavy (non-hydrogen) atoms. The van der Waals surface area contributed by atoms with Gasteiger partial charge in [-0.05, 0) is 47.7 Å². The van der Waals surface area contributed by atoms with E-state index in [-0.39, 0.29) is 11.6 Å². The number of amidine groups is 1. The van der Waals surface area contributed by atoms with Gasteiger partial charge in [-0.1, -0.05) is 23.7 Å². The van der Waals surface area contributed by atoms with Crippen molar-refractivity contribution in [2.75, 3.05) is 0 Å². The Morgan fingerprint density at radius 1 is 1.21 bits per heavy atom. The predicted molar refractivity (Wildman–Crippen MR) is 95.4 cm³/mol. The normalized spacial score (nSPS) is 17.3. The molecule has 0 saturated carbocycles. The van der Waals surface area contributed by atoms with Gasteiger partial charge in [-0.3, -0.25) is 14.9 Å². The maximum atomic E-state index is 12.0. The van der Waals surface area contributed by atoms with E-state index in [0.717, 1.165) is 0 Å². The van der Waals surface area contributed by atoms with E-state index in [2.05, 4.69) is 10.3 Å². The molecule has 1 N–H and O–H groups in total. The number of hydrogen-bond acceptors (Lipinski definition) is 5. The fourth-order valence-corrected chi connectivity index (χ4v) is 2.96. The molecule has 6 nitrogen and oxygen atoms in total. The first-order valence-corrected chi connectivity index (χ1v) is 8.00. The van der Waals surface area contributed by atoms with Crippen molar-refractivity contribution in [1.82, 2.24) is 5.32 Å². The lowest BCUT2D eigenvalue weighted by Gasteiger charge is -1.96. The Morgan fingerprint density at radius 3 is 2.67 bits per heavy atom. The number of carbonyl (C=O) groups excluding carboxylic acids is 1. The number of benzene rings is 2. The number of nitrogens with zero attached hydrogens (tertiary/aromatic N) is 2. The monoisotopic (exact) mass is 359 g/mol. The number of aliphatic imine (C=N–C) groups is 1. The Labute approximate surface area is 146 Å². The summed E-state index contributed by atoms with van der Waals surface area (Å²) in [6.45, 7) is 0. The zero-order valence-electron chi connectivity index (χ0n) is 12.1. The molecule has 1 amide bonds. The first kappa shape index (κ1) is 16.2. The number of rotatable bonds is 3. The summed E-state index contributed by atoms with van der Waals surface area (Å²) in [4.78, 5) is 27.1. The van der Waals surface area contributed by atoms with Crippen LogP contribution in [0.1, 0.15) is 5.56 Å². The Kier molecular flexibility index (Phi) is 4.64. The smallest absolute Gasteiger partial charge is 0.270 e. The van der Waals surface area contributed by atoms with Crippen LogP contribution in [0.5, 0.6) is 0 Å². The van der Waals surface area contributed by atoms with Crippen LogP contribution in [0, 0.1) is 10.1 Å². The quantitative estimate of drug-likeness (QED) is 0.507. The van der Waals surface area contributed by atoms with Gasteiger partial charge in [0.1, 0.15) is 0 Å². The standard InChI is InChI=1S/C16H10ClN3O3S/c17-11-4-6-12(7-5-11)18-16-19-15(21)14(24-16)9-10-2-1-3-13(8-10)20(22)23/h1-9H,(H,18,19,21)/b14-9-. The maximum absolute atomic E-state index is 12.0. The summed E-state index contributed by atoms with van der Waals surface area (Å²) in [7, 11) is 0. The fourth-order valence-electron chi connectivity index (χ4n) is 1.99. The van der Waals surface area contributed by atoms with Crippen molar-refractivity contribution >= 4 is 51.9 Å². The fraction of sp³-hybridized carbons (Fsp3) is 0. The van der Waals surface area contributed by atoms with Crippen LogP contribution in [0.3, 0.4) is 0 Å². The van der Waals surface area contributed by atoms with Crippen molar-refractivity contribution in [1.29, 1.82) is 0 Å². The van der Waals surface area contributed by atoms with E-state index in [1.165, 1.54) is 23.9 Å². The van der Waals surface area contributed by atoms with Gasteiger partial charge in [0, 0.05) is 17.2 Å². The van der Waals surface area contributed by atoms with Crippen LogP contribution >= 0.6 is 23.4 Å². The molecule has 0 bridgehead atoms. The molecule has 1 heterocycles. The van der Waals surface area contributed by atoms with Crippen molar-refractivity contribution < 1.29 is 9.72 Å². The predicted octanol–water partition coefficient (Wildman–Crippen LogP) is 4.14. The zero-order chi connectivity index (χ0) is 17.1. The van der Waals surface area contributed by atoms with Gasteiger partial charge in [0.2, 0.25) is 0 Å². The third-order valence-corrected chi connectivity index (χ3v) is 4.25. The number of hydrogen-bond donors (Lipinski definition) is 1. The number of nitro benzene ring substituents is 1. The summed E-state index contributed by atoms with van der Waals surface area (Å²) in [5.41, 5.74) is 1.22. The molecule has 0 aliphatic carbocycles. The number of non-ortho nitro benzene ring substituents is 1. The lowest BCUT2D eigenvalue weighted by Crippen LogP contribution is -2.19. The number of carbonyl (C=O) groups is 1. The highest BCUT2D eigenvalue weighted by molar-refractivity contribution is 8.18. The van der Waals surface area contributed by atoms with Gasteiger partial charge in [-0.25, -0.2) is 4.99 Å². The molecule has 0 radical (unpaired) electrons. The zero-order valence-corrected chi connectivity index (χ0v) is 13.7. The van der Waals surface area contributed by atoms with Crippen molar-refractivity contribution in [2.45, 2.75) is 0 Å². The van der Waals surface area contributed by atoms with Crippen molar-refractivity contribution in [3.63, 3.8) is 0 Å². The summed E-state index contributed by atoms with van der Waals surface area (Å²) in [5, 5.41) is 14.5. The number of halogens is 1. The van der Waals surface area contributed by atoms with E-state index in [1.807, 2.05) is 0 Å². The van der Waals surface area contributed by atoms with Gasteiger partial charge in [0.15, 0.2) is 5.17 Å². The first-order chi connectivity index (χ1) is 11.5. The molecule has 1 aliphatic rings. The molecular weight excluding hydrogens is 350 g/mol. The van der Waals surface area contributed by atoms with Crippen molar-refractivity contribution in [3.05, 3.63) is 74.1 Å². The summed E-state index contributed by atoms with van der Waals surface area (Å²) in [6.07, 6.45) is 1.59. The molecule has 3 rings (SSSR count). The molecule has 1 aliphatic heterocycles. The molecule has 0 unspecified atom stereocenters. The molecule has 1 saturated heterocycles. The first-order valence-electron chi connectivity index (χ1n) is 6.81. The Balaban J connectivity index is 1.83. The molecule has 8 heteroatoms. The molecule has 120 valence electrons. The third-order valence-electron chi connectivity index (χ3n) is 3.09. The summed E-state index contributed by atoms with van der Waals surface area (Å²) in [5.74, 6) is -0.292. The van der Waals surface area contributed by atoms with E-state index in [9.17, 15) is 14.9 Å². The van der Waals surface area contributed by atoms with Gasteiger partial charge in [0.25, 0.3) is 11.6 Å². The van der Waals surface area contributed by atoms with E-state index in [1.54, 1.807) is 42.5 Å². The van der Waals surface area contributed by atoms with Crippen LogP contribution in [0.4, 0.5) is 11.4 Å². The van der Waals surface area contributed by atoms with Crippen molar-refractivity contribution in [3.8, 4) is 0 Å². The second kappa shape index (κ2) is 6.86. The number of thioether (sulfide) groups is 1. The van der Waals surface area contributed by atoms with Gasteiger partial charge in [0.05, 0.1) is 15.5 Å². The second-order valence-corrected chi connectivity index (χ2v) is 6.28. The molecule has 0 spiro atoms. The lowest BCUT2D eigenvalue weighted by molar-refractivity contribution is -0.384. The average molecular weight is 360 g/mol. The van der Waals surface area contributed by atoms with Crippen LogP contribution < -0.4 is 5.32 Å². The number of nitro groups is 1. The van der Waals surface area contributed by atoms with Crippen LogP contribution in [-0.4, -0.2) is 16.0 Å². The summed E-state index contributed by atoms with van der Waals surface area (Å²) in [6, 6.07) is 13.0. The molecular formula is C16H10ClN3O3S. The maximum Gasteiger partial charge on any atom is 0.270 e. The van der Waals surface area contributed by atoms with E-state index in [4.69, 9.17) is 11.6 Å². The largest absolute Gasteiger partial charge is 0.300 e. The number of amides is 1. The van der Waals surface area contributed by atoms with Crippen molar-refractivity contribution in [2.24, 2.45) is 4.99 Å². The van der Waals surface area contributed by atoms with E-state index >= 15 is 0 Å². The second-order valence-electron chi connectivity index (χ2n) is 4.81. The van der Waals surface area contributed by atoms with Gasteiger partial charge >= 0.3 is 0 Å². The van der Waals surface area contributed by atoms with Gasteiger partial charge < -0.3 is 5.32 Å². The average Bonchev–Trinajstić information content (AvgIpc) is 2.89. The minimum atomic E-state index is -0.475. The summed E-state index contributed by atoms with van der Waals surface area (Å²) < 4.78 is 0. The van der Waals surface area contributed by atoms with Crippen LogP contribution in [-0.2, 0) is 4.79 Å². The molecule has 0 aromatic heterocycles. The Hall–Kier alpha value is -2.64. The Morgan fingerprint density at radius 2 is 1.96 bits per heavy atom. The van der Waals surface area contributed by atoms with E-state index < -0.39 is 4.92 Å². The molecule has 2 aromatic carbocycles. The molecule has 2 aromatic rings. The molecule has 1 fully saturated rings. The van der Waals surface area contributed by atoms with Crippen LogP contribution in [0.2, 0.25) is 5.02 Å². The van der Waals surface area contributed by atoms with Gasteiger partial charge in [-0.15, -0.1) is 0 Å². The number of nitrogens with one attached hydrogen (secondary N) is 1. The topological polar surface area (TPSA) is 84.6 Å². The minimum Gasteiger partial charge on any atom is -0.300 e.